The monoisotopic (exact) mass is 220 g/mol. The molecule has 1 aliphatic heterocycles. The second-order valence-electron chi connectivity index (χ2n) is 3.42. The van der Waals surface area contributed by atoms with Crippen LogP contribution in [0.3, 0.4) is 0 Å². The van der Waals surface area contributed by atoms with Gasteiger partial charge in [-0.15, -0.1) is 0 Å². The van der Waals surface area contributed by atoms with Gasteiger partial charge in [0.25, 0.3) is 0 Å². The molecule has 1 heterocycles. The van der Waals surface area contributed by atoms with Crippen molar-refractivity contribution in [2.24, 2.45) is 0 Å². The topological polar surface area (TPSA) is 41.1 Å². The molecule has 3 nitrogen and oxygen atoms in total. The minimum absolute atomic E-state index is 0.0192. The van der Waals surface area contributed by atoms with Crippen molar-refractivity contribution in [1.29, 1.82) is 0 Å². The Kier molecular flexibility index (Phi) is 2.97. The van der Waals surface area contributed by atoms with Gasteiger partial charge in [0.1, 0.15) is 0 Å². The van der Waals surface area contributed by atoms with Gasteiger partial charge in [-0.05, 0) is 24.5 Å². The van der Waals surface area contributed by atoms with Gasteiger partial charge in [0.15, 0.2) is 0 Å². The normalized spacial score (nSPS) is 17.7. The number of hydrazine groups is 1. The van der Waals surface area contributed by atoms with Gasteiger partial charge >= 0.3 is 0 Å². The van der Waals surface area contributed by atoms with Crippen LogP contribution >= 0.6 is 11.8 Å². The average molecular weight is 220 g/mol. The summed E-state index contributed by atoms with van der Waals surface area (Å²) in [6.45, 7) is 2.06. The Balaban J connectivity index is 1.98. The number of nitrogens with one attached hydrogen (secondary N) is 2. The Labute approximate surface area is 92.9 Å². The van der Waals surface area contributed by atoms with E-state index in [1.807, 2.05) is 5.41 Å². The molecular formula is C11H12N2OS. The molecule has 1 aliphatic rings. The van der Waals surface area contributed by atoms with E-state index in [9.17, 15) is 4.79 Å². The molecule has 0 unspecified atom stereocenters. The maximum Gasteiger partial charge on any atom is 0.244 e. The summed E-state index contributed by atoms with van der Waals surface area (Å²) in [4.78, 5) is 12.1. The van der Waals surface area contributed by atoms with E-state index in [0.29, 0.717) is 6.42 Å². The highest BCUT2D eigenvalue weighted by Crippen LogP contribution is 2.21. The lowest BCUT2D eigenvalue weighted by molar-refractivity contribution is -0.119. The smallest absolute Gasteiger partial charge is 0.244 e. The van der Waals surface area contributed by atoms with Crippen LogP contribution in [0.1, 0.15) is 12.0 Å². The molecule has 1 aromatic rings. The van der Waals surface area contributed by atoms with Crippen molar-refractivity contribution in [2.75, 3.05) is 0 Å². The van der Waals surface area contributed by atoms with Crippen LogP contribution < -0.4 is 10.9 Å². The molecule has 0 saturated carbocycles. The number of hydrogen-bond acceptors (Lipinski definition) is 3. The standard InChI is InChI=1S/C11H12N2OS/c1-8-2-4-10(5-3-8)15-7-9-6-11(14)13-12-9/h2-5,7,12H,6H2,1H3,(H,13,14). The van der Waals surface area contributed by atoms with E-state index in [4.69, 9.17) is 0 Å². The number of aryl methyl sites for hydroxylation is 1. The minimum Gasteiger partial charge on any atom is -0.302 e. The molecule has 1 saturated heterocycles. The van der Waals surface area contributed by atoms with Crippen molar-refractivity contribution in [3.05, 3.63) is 40.9 Å². The molecule has 0 radical (unpaired) electrons. The quantitative estimate of drug-likeness (QED) is 0.748. The highest BCUT2D eigenvalue weighted by Gasteiger charge is 2.12. The van der Waals surface area contributed by atoms with E-state index in [1.165, 1.54) is 10.5 Å². The lowest BCUT2D eigenvalue weighted by atomic mass is 10.2. The Hall–Kier alpha value is -1.42. The van der Waals surface area contributed by atoms with Crippen LogP contribution in [0, 0.1) is 6.92 Å². The number of thioether (sulfide) groups is 1. The molecule has 0 atom stereocenters. The van der Waals surface area contributed by atoms with Gasteiger partial charge in [0.2, 0.25) is 5.91 Å². The summed E-state index contributed by atoms with van der Waals surface area (Å²) in [7, 11) is 0. The molecule has 78 valence electrons. The summed E-state index contributed by atoms with van der Waals surface area (Å²) >= 11 is 1.61. The van der Waals surface area contributed by atoms with Gasteiger partial charge < -0.3 is 5.43 Å². The van der Waals surface area contributed by atoms with Crippen LogP contribution in [0.2, 0.25) is 0 Å². The fraction of sp³-hybridized carbons (Fsp3) is 0.182. The van der Waals surface area contributed by atoms with Gasteiger partial charge in [0.05, 0.1) is 6.42 Å². The predicted octanol–water partition coefficient (Wildman–Crippen LogP) is 1.95. The van der Waals surface area contributed by atoms with Crippen LogP contribution in [-0.4, -0.2) is 5.91 Å². The third kappa shape index (κ3) is 2.76. The lowest BCUT2D eigenvalue weighted by Gasteiger charge is -1.99. The number of carbonyl (C=O) groups excluding carboxylic acids is 1. The first-order valence-electron chi connectivity index (χ1n) is 4.71. The molecule has 0 spiro atoms. The van der Waals surface area contributed by atoms with Crippen LogP contribution in [0.25, 0.3) is 0 Å². The van der Waals surface area contributed by atoms with Crippen molar-refractivity contribution < 1.29 is 4.79 Å². The molecule has 1 fully saturated rings. The zero-order chi connectivity index (χ0) is 10.7. The number of amides is 1. The molecule has 0 bridgehead atoms. The highest BCUT2D eigenvalue weighted by molar-refractivity contribution is 8.02. The molecule has 1 aromatic carbocycles. The third-order valence-corrected chi connectivity index (χ3v) is 3.02. The Morgan fingerprint density at radius 1 is 1.27 bits per heavy atom. The molecule has 0 aliphatic carbocycles. The summed E-state index contributed by atoms with van der Waals surface area (Å²) < 4.78 is 0. The van der Waals surface area contributed by atoms with Crippen molar-refractivity contribution >= 4 is 17.7 Å². The Morgan fingerprint density at radius 2 is 2.00 bits per heavy atom. The number of carbonyl (C=O) groups is 1. The van der Waals surface area contributed by atoms with E-state index < -0.39 is 0 Å². The van der Waals surface area contributed by atoms with E-state index in [0.717, 1.165) is 5.70 Å². The number of benzene rings is 1. The van der Waals surface area contributed by atoms with Gasteiger partial charge in [0, 0.05) is 10.6 Å². The van der Waals surface area contributed by atoms with Crippen molar-refractivity contribution in [3.63, 3.8) is 0 Å². The zero-order valence-corrected chi connectivity index (χ0v) is 9.23. The third-order valence-electron chi connectivity index (χ3n) is 2.07. The van der Waals surface area contributed by atoms with Crippen molar-refractivity contribution in [2.45, 2.75) is 18.2 Å². The maximum atomic E-state index is 10.9. The second kappa shape index (κ2) is 4.40. The average Bonchev–Trinajstić information content (AvgIpc) is 2.64. The van der Waals surface area contributed by atoms with Gasteiger partial charge in [-0.2, -0.15) is 0 Å². The first-order valence-corrected chi connectivity index (χ1v) is 5.59. The van der Waals surface area contributed by atoms with E-state index >= 15 is 0 Å². The molecule has 15 heavy (non-hydrogen) atoms. The van der Waals surface area contributed by atoms with Crippen LogP contribution in [0.15, 0.2) is 40.3 Å². The van der Waals surface area contributed by atoms with E-state index in [-0.39, 0.29) is 5.91 Å². The summed E-state index contributed by atoms with van der Waals surface area (Å²) in [5, 5.41) is 1.96. The van der Waals surface area contributed by atoms with Gasteiger partial charge in [-0.25, -0.2) is 0 Å². The molecule has 4 heteroatoms. The number of hydrogen-bond donors (Lipinski definition) is 2. The van der Waals surface area contributed by atoms with Gasteiger partial charge in [-0.1, -0.05) is 29.5 Å². The van der Waals surface area contributed by atoms with Crippen LogP contribution in [0.4, 0.5) is 0 Å². The van der Waals surface area contributed by atoms with Gasteiger partial charge in [-0.3, -0.25) is 10.2 Å². The van der Waals surface area contributed by atoms with Crippen LogP contribution in [-0.2, 0) is 4.79 Å². The Bertz CT molecular complexity index is 398. The molecule has 2 N–H and O–H groups in total. The predicted molar refractivity (Wildman–Crippen MR) is 61.0 cm³/mol. The molecule has 1 amide bonds. The minimum atomic E-state index is 0.0192. The summed E-state index contributed by atoms with van der Waals surface area (Å²) in [5.74, 6) is 0.0192. The fourth-order valence-electron chi connectivity index (χ4n) is 1.24. The summed E-state index contributed by atoms with van der Waals surface area (Å²) in [6, 6.07) is 8.29. The Morgan fingerprint density at radius 3 is 2.60 bits per heavy atom. The van der Waals surface area contributed by atoms with Crippen LogP contribution in [0.5, 0.6) is 0 Å². The summed E-state index contributed by atoms with van der Waals surface area (Å²) in [6.07, 6.45) is 0.443. The maximum absolute atomic E-state index is 10.9. The first-order chi connectivity index (χ1) is 7.24. The number of rotatable bonds is 2. The molecule has 0 aromatic heterocycles. The van der Waals surface area contributed by atoms with Crippen molar-refractivity contribution in [3.8, 4) is 0 Å². The van der Waals surface area contributed by atoms with Crippen molar-refractivity contribution in [1.82, 2.24) is 10.9 Å². The fourth-order valence-corrected chi connectivity index (χ4v) is 1.95. The summed E-state index contributed by atoms with van der Waals surface area (Å²) in [5.41, 5.74) is 7.55. The largest absolute Gasteiger partial charge is 0.302 e. The SMILES string of the molecule is Cc1ccc(SC=C2CC(=O)NN2)cc1. The van der Waals surface area contributed by atoms with E-state index in [1.54, 1.807) is 11.8 Å². The first kappa shape index (κ1) is 10.1. The molecule has 2 rings (SSSR count). The lowest BCUT2D eigenvalue weighted by Crippen LogP contribution is -2.24. The second-order valence-corrected chi connectivity index (χ2v) is 4.37. The molecular weight excluding hydrogens is 208 g/mol. The van der Waals surface area contributed by atoms with E-state index in [2.05, 4.69) is 42.0 Å². The highest BCUT2D eigenvalue weighted by atomic mass is 32.2. The zero-order valence-electron chi connectivity index (χ0n) is 8.41.